The Hall–Kier alpha value is -0.200. The topological polar surface area (TPSA) is 35.8 Å². The number of nitrogens with zero attached hydrogens (tertiary/aromatic N) is 1. The van der Waals surface area contributed by atoms with Gasteiger partial charge in [-0.3, -0.25) is 0 Å². The fourth-order valence-corrected chi connectivity index (χ4v) is 1.50. The largest absolute Gasteiger partial charge is 0.311 e. The molecule has 0 aliphatic carbocycles. The van der Waals surface area contributed by atoms with Crippen LogP contribution in [0.25, 0.3) is 0 Å². The zero-order chi connectivity index (χ0) is 8.32. The van der Waals surface area contributed by atoms with E-state index in [1.165, 1.54) is 11.5 Å². The first kappa shape index (κ1) is 8.89. The molecular formula is C8H14N2S. The highest BCUT2D eigenvalue weighted by atomic mass is 32.2. The number of hydrogen-bond acceptors (Lipinski definition) is 3. The van der Waals surface area contributed by atoms with Crippen molar-refractivity contribution >= 4 is 11.8 Å². The quantitative estimate of drug-likeness (QED) is 0.692. The summed E-state index contributed by atoms with van der Waals surface area (Å²) < 4.78 is 0. The summed E-state index contributed by atoms with van der Waals surface area (Å²) in [6.45, 7) is 4.74. The molecule has 0 aromatic carbocycles. The molecule has 0 amide bonds. The molecule has 11 heavy (non-hydrogen) atoms. The summed E-state index contributed by atoms with van der Waals surface area (Å²) in [4.78, 5) is 0. The standard InChI is InChI=1S/C8H14N2S/c1-8(2,5-9)6-10-7-3-11-4-7/h7,10H,3-4,6H2,1-2H3. The average molecular weight is 170 g/mol. The summed E-state index contributed by atoms with van der Waals surface area (Å²) in [5, 5.41) is 12.1. The highest BCUT2D eigenvalue weighted by Gasteiger charge is 2.22. The Morgan fingerprint density at radius 1 is 1.64 bits per heavy atom. The van der Waals surface area contributed by atoms with E-state index in [9.17, 15) is 0 Å². The molecule has 0 bridgehead atoms. The van der Waals surface area contributed by atoms with Gasteiger partial charge in [-0.1, -0.05) is 0 Å². The van der Waals surface area contributed by atoms with Crippen LogP contribution in [0.15, 0.2) is 0 Å². The number of nitriles is 1. The van der Waals surface area contributed by atoms with E-state index in [-0.39, 0.29) is 5.41 Å². The van der Waals surface area contributed by atoms with E-state index in [0.29, 0.717) is 6.04 Å². The second kappa shape index (κ2) is 3.46. The van der Waals surface area contributed by atoms with Gasteiger partial charge < -0.3 is 5.32 Å². The van der Waals surface area contributed by atoms with E-state index in [2.05, 4.69) is 11.4 Å². The smallest absolute Gasteiger partial charge is 0.0697 e. The van der Waals surface area contributed by atoms with Crippen molar-refractivity contribution in [2.24, 2.45) is 5.41 Å². The van der Waals surface area contributed by atoms with Crippen molar-refractivity contribution in [2.45, 2.75) is 19.9 Å². The van der Waals surface area contributed by atoms with Crippen molar-refractivity contribution < 1.29 is 0 Å². The van der Waals surface area contributed by atoms with Gasteiger partial charge in [-0.15, -0.1) is 0 Å². The molecule has 3 heteroatoms. The summed E-state index contributed by atoms with van der Waals surface area (Å²) in [5.41, 5.74) is -0.208. The molecule has 0 aromatic rings. The number of nitrogens with one attached hydrogen (secondary N) is 1. The minimum Gasteiger partial charge on any atom is -0.311 e. The third-order valence-corrected chi connectivity index (χ3v) is 3.05. The molecule has 1 heterocycles. The molecule has 1 N–H and O–H groups in total. The van der Waals surface area contributed by atoms with E-state index in [0.717, 1.165) is 6.54 Å². The number of hydrogen-bond donors (Lipinski definition) is 1. The molecule has 1 saturated heterocycles. The van der Waals surface area contributed by atoms with Gasteiger partial charge in [0, 0.05) is 24.1 Å². The molecule has 0 spiro atoms. The normalized spacial score (nSPS) is 19.0. The first-order chi connectivity index (χ1) is 5.14. The molecule has 0 unspecified atom stereocenters. The Labute approximate surface area is 72.4 Å². The molecule has 0 saturated carbocycles. The second-order valence-electron chi connectivity index (χ2n) is 3.61. The summed E-state index contributed by atoms with van der Waals surface area (Å²) >= 11 is 1.96. The van der Waals surface area contributed by atoms with Crippen LogP contribution in [0.5, 0.6) is 0 Å². The SMILES string of the molecule is CC(C)(C#N)CNC1CSC1. The first-order valence-electron chi connectivity index (χ1n) is 3.86. The lowest BCUT2D eigenvalue weighted by Gasteiger charge is -2.28. The molecule has 0 aromatic heterocycles. The van der Waals surface area contributed by atoms with Crippen LogP contribution in [-0.2, 0) is 0 Å². The van der Waals surface area contributed by atoms with Crippen LogP contribution in [0, 0.1) is 16.7 Å². The van der Waals surface area contributed by atoms with Crippen molar-refractivity contribution in [1.82, 2.24) is 5.32 Å². The van der Waals surface area contributed by atoms with Crippen LogP contribution in [-0.4, -0.2) is 24.1 Å². The molecule has 2 nitrogen and oxygen atoms in total. The Balaban J connectivity index is 2.16. The van der Waals surface area contributed by atoms with Gasteiger partial charge >= 0.3 is 0 Å². The Morgan fingerprint density at radius 3 is 2.64 bits per heavy atom. The molecule has 1 aliphatic rings. The average Bonchev–Trinajstić information content (AvgIpc) is 1.84. The van der Waals surface area contributed by atoms with Gasteiger partial charge in [0.25, 0.3) is 0 Å². The highest BCUT2D eigenvalue weighted by Crippen LogP contribution is 2.19. The predicted molar refractivity (Wildman–Crippen MR) is 48.5 cm³/mol. The maximum absolute atomic E-state index is 8.70. The van der Waals surface area contributed by atoms with Crippen molar-refractivity contribution in [3.05, 3.63) is 0 Å². The van der Waals surface area contributed by atoms with Crippen LogP contribution in [0.3, 0.4) is 0 Å². The predicted octanol–water partition coefficient (Wildman–Crippen LogP) is 1.24. The molecule has 62 valence electrons. The summed E-state index contributed by atoms with van der Waals surface area (Å²) in [6.07, 6.45) is 0. The Morgan fingerprint density at radius 2 is 2.27 bits per heavy atom. The number of rotatable bonds is 3. The summed E-state index contributed by atoms with van der Waals surface area (Å²) in [7, 11) is 0. The van der Waals surface area contributed by atoms with Crippen LogP contribution in [0.1, 0.15) is 13.8 Å². The van der Waals surface area contributed by atoms with Gasteiger partial charge in [0.15, 0.2) is 0 Å². The lowest BCUT2D eigenvalue weighted by atomic mass is 9.96. The lowest BCUT2D eigenvalue weighted by Crippen LogP contribution is -2.44. The monoisotopic (exact) mass is 170 g/mol. The second-order valence-corrected chi connectivity index (χ2v) is 4.69. The van der Waals surface area contributed by atoms with Crippen LogP contribution >= 0.6 is 11.8 Å². The first-order valence-corrected chi connectivity index (χ1v) is 5.02. The molecule has 0 atom stereocenters. The van der Waals surface area contributed by atoms with Gasteiger partial charge in [0.1, 0.15) is 0 Å². The fourth-order valence-electron chi connectivity index (χ4n) is 0.793. The van der Waals surface area contributed by atoms with E-state index < -0.39 is 0 Å². The molecule has 0 radical (unpaired) electrons. The van der Waals surface area contributed by atoms with Crippen molar-refractivity contribution in [1.29, 1.82) is 5.26 Å². The van der Waals surface area contributed by atoms with Gasteiger partial charge in [-0.05, 0) is 13.8 Å². The Kier molecular flexibility index (Phi) is 2.80. The highest BCUT2D eigenvalue weighted by molar-refractivity contribution is 8.00. The summed E-state index contributed by atoms with van der Waals surface area (Å²) in [5.74, 6) is 2.42. The van der Waals surface area contributed by atoms with Crippen molar-refractivity contribution in [3.8, 4) is 6.07 Å². The van der Waals surface area contributed by atoms with Gasteiger partial charge in [-0.25, -0.2) is 0 Å². The van der Waals surface area contributed by atoms with E-state index in [1.54, 1.807) is 0 Å². The third-order valence-electron chi connectivity index (χ3n) is 1.77. The zero-order valence-corrected chi connectivity index (χ0v) is 7.87. The van der Waals surface area contributed by atoms with E-state index >= 15 is 0 Å². The van der Waals surface area contributed by atoms with E-state index in [4.69, 9.17) is 5.26 Å². The maximum Gasteiger partial charge on any atom is 0.0697 e. The minimum absolute atomic E-state index is 0.208. The summed E-state index contributed by atoms with van der Waals surface area (Å²) in [6, 6.07) is 2.94. The number of thioether (sulfide) groups is 1. The van der Waals surface area contributed by atoms with Crippen LogP contribution < -0.4 is 5.32 Å². The van der Waals surface area contributed by atoms with Crippen molar-refractivity contribution in [3.63, 3.8) is 0 Å². The lowest BCUT2D eigenvalue weighted by molar-refractivity contribution is 0.419. The van der Waals surface area contributed by atoms with Crippen LogP contribution in [0.2, 0.25) is 0 Å². The minimum atomic E-state index is -0.208. The van der Waals surface area contributed by atoms with E-state index in [1.807, 2.05) is 25.6 Å². The fraction of sp³-hybridized carbons (Fsp3) is 0.875. The van der Waals surface area contributed by atoms with Gasteiger partial charge in [0.2, 0.25) is 0 Å². The molecule has 1 fully saturated rings. The van der Waals surface area contributed by atoms with Gasteiger partial charge in [-0.2, -0.15) is 17.0 Å². The Bertz CT molecular complexity index is 167. The van der Waals surface area contributed by atoms with Crippen molar-refractivity contribution in [2.75, 3.05) is 18.1 Å². The third kappa shape index (κ3) is 2.72. The molecule has 1 rings (SSSR count). The van der Waals surface area contributed by atoms with Crippen LogP contribution in [0.4, 0.5) is 0 Å². The maximum atomic E-state index is 8.70. The molecular weight excluding hydrogens is 156 g/mol. The molecule has 1 aliphatic heterocycles. The van der Waals surface area contributed by atoms with Gasteiger partial charge in [0.05, 0.1) is 11.5 Å². The zero-order valence-electron chi connectivity index (χ0n) is 7.05.